The number of likely N-dealkylation sites (tertiary alicyclic amines) is 1. The SMILES string of the molecule is CC1CCC(=O)CC1N1CCCCC1. The van der Waals surface area contributed by atoms with Crippen molar-refractivity contribution < 1.29 is 4.79 Å². The first-order valence-electron chi connectivity index (χ1n) is 6.03. The van der Waals surface area contributed by atoms with E-state index < -0.39 is 0 Å². The van der Waals surface area contributed by atoms with E-state index in [1.54, 1.807) is 0 Å². The van der Waals surface area contributed by atoms with E-state index in [1.165, 1.54) is 32.4 Å². The van der Waals surface area contributed by atoms with E-state index in [4.69, 9.17) is 0 Å². The highest BCUT2D eigenvalue weighted by Crippen LogP contribution is 2.28. The minimum Gasteiger partial charge on any atom is -0.300 e. The van der Waals surface area contributed by atoms with Crippen LogP contribution in [0.4, 0.5) is 0 Å². The summed E-state index contributed by atoms with van der Waals surface area (Å²) in [4.78, 5) is 14.0. The van der Waals surface area contributed by atoms with E-state index in [2.05, 4.69) is 11.8 Å². The van der Waals surface area contributed by atoms with E-state index in [1.807, 2.05) is 0 Å². The van der Waals surface area contributed by atoms with Gasteiger partial charge in [0, 0.05) is 18.9 Å². The average Bonchev–Trinajstić information content (AvgIpc) is 2.23. The van der Waals surface area contributed by atoms with Crippen molar-refractivity contribution in [2.24, 2.45) is 5.92 Å². The second kappa shape index (κ2) is 4.43. The summed E-state index contributed by atoms with van der Waals surface area (Å²) in [5.74, 6) is 1.21. The summed E-state index contributed by atoms with van der Waals surface area (Å²) >= 11 is 0. The highest BCUT2D eigenvalue weighted by Gasteiger charge is 2.31. The number of hydrogen-bond acceptors (Lipinski definition) is 2. The molecule has 2 fully saturated rings. The largest absolute Gasteiger partial charge is 0.300 e. The van der Waals surface area contributed by atoms with Crippen LogP contribution in [-0.2, 0) is 4.79 Å². The number of rotatable bonds is 1. The molecule has 0 N–H and O–H groups in total. The third kappa shape index (κ3) is 2.17. The Labute approximate surface area is 86.7 Å². The molecule has 14 heavy (non-hydrogen) atoms. The van der Waals surface area contributed by atoms with Gasteiger partial charge in [-0.25, -0.2) is 0 Å². The normalized spacial score (nSPS) is 35.9. The Morgan fingerprint density at radius 3 is 2.64 bits per heavy atom. The van der Waals surface area contributed by atoms with Crippen molar-refractivity contribution >= 4 is 5.78 Å². The first-order valence-corrected chi connectivity index (χ1v) is 6.03. The molecule has 80 valence electrons. The number of piperidine rings is 1. The number of hydrogen-bond donors (Lipinski definition) is 0. The highest BCUT2D eigenvalue weighted by atomic mass is 16.1. The molecule has 2 rings (SSSR count). The molecule has 2 nitrogen and oxygen atoms in total. The predicted octanol–water partition coefficient (Wildman–Crippen LogP) is 2.23. The van der Waals surface area contributed by atoms with Gasteiger partial charge in [0.1, 0.15) is 5.78 Å². The van der Waals surface area contributed by atoms with Crippen LogP contribution in [0, 0.1) is 5.92 Å². The fraction of sp³-hybridized carbons (Fsp3) is 0.917. The van der Waals surface area contributed by atoms with Gasteiger partial charge in [0.15, 0.2) is 0 Å². The number of Topliss-reactive ketones (excluding diaryl/α,β-unsaturated/α-hetero) is 1. The number of carbonyl (C=O) groups is 1. The Morgan fingerprint density at radius 2 is 1.93 bits per heavy atom. The van der Waals surface area contributed by atoms with Gasteiger partial charge in [0.25, 0.3) is 0 Å². The smallest absolute Gasteiger partial charge is 0.134 e. The summed E-state index contributed by atoms with van der Waals surface area (Å²) in [6.07, 6.45) is 6.80. The Kier molecular flexibility index (Phi) is 3.22. The van der Waals surface area contributed by atoms with Gasteiger partial charge in [-0.1, -0.05) is 13.3 Å². The second-order valence-corrected chi connectivity index (χ2v) is 4.92. The Bertz CT molecular complexity index is 208. The van der Waals surface area contributed by atoms with Crippen LogP contribution in [0.1, 0.15) is 45.4 Å². The van der Waals surface area contributed by atoms with Gasteiger partial charge in [-0.2, -0.15) is 0 Å². The van der Waals surface area contributed by atoms with Gasteiger partial charge in [0.05, 0.1) is 0 Å². The predicted molar refractivity (Wildman–Crippen MR) is 57.2 cm³/mol. The van der Waals surface area contributed by atoms with Crippen LogP contribution < -0.4 is 0 Å². The molecule has 2 atom stereocenters. The van der Waals surface area contributed by atoms with Crippen molar-refractivity contribution in [3.63, 3.8) is 0 Å². The fourth-order valence-corrected chi connectivity index (χ4v) is 2.86. The number of carbonyl (C=O) groups excluding carboxylic acids is 1. The van der Waals surface area contributed by atoms with Crippen LogP contribution in [0.3, 0.4) is 0 Å². The molecule has 1 saturated heterocycles. The molecule has 0 aromatic carbocycles. The molecular formula is C12H21NO. The number of nitrogens with zero attached hydrogens (tertiary/aromatic N) is 1. The van der Waals surface area contributed by atoms with Gasteiger partial charge in [-0.3, -0.25) is 9.69 Å². The zero-order valence-electron chi connectivity index (χ0n) is 9.17. The molecule has 0 radical (unpaired) electrons. The minimum atomic E-state index is 0.485. The quantitative estimate of drug-likeness (QED) is 0.639. The molecule has 0 bridgehead atoms. The summed E-state index contributed by atoms with van der Waals surface area (Å²) in [5.41, 5.74) is 0. The maximum absolute atomic E-state index is 11.4. The lowest BCUT2D eigenvalue weighted by Crippen LogP contribution is -2.46. The van der Waals surface area contributed by atoms with Crippen LogP contribution >= 0.6 is 0 Å². The lowest BCUT2D eigenvalue weighted by atomic mass is 9.83. The number of ketones is 1. The van der Waals surface area contributed by atoms with Crippen molar-refractivity contribution in [1.29, 1.82) is 0 Å². The van der Waals surface area contributed by atoms with Crippen LogP contribution in [-0.4, -0.2) is 29.8 Å². The summed E-state index contributed by atoms with van der Waals surface area (Å²) in [6.45, 7) is 4.76. The Balaban J connectivity index is 1.95. The van der Waals surface area contributed by atoms with Crippen LogP contribution in [0.15, 0.2) is 0 Å². The van der Waals surface area contributed by atoms with Gasteiger partial charge < -0.3 is 0 Å². The average molecular weight is 195 g/mol. The molecule has 0 amide bonds. The van der Waals surface area contributed by atoms with Crippen LogP contribution in [0.5, 0.6) is 0 Å². The maximum Gasteiger partial charge on any atom is 0.134 e. The van der Waals surface area contributed by atoms with Crippen LogP contribution in [0.2, 0.25) is 0 Å². The van der Waals surface area contributed by atoms with Crippen molar-refractivity contribution in [3.8, 4) is 0 Å². The summed E-state index contributed by atoms with van der Waals surface area (Å²) in [6, 6.07) is 0.566. The van der Waals surface area contributed by atoms with Gasteiger partial charge in [-0.05, 0) is 38.3 Å². The van der Waals surface area contributed by atoms with E-state index in [9.17, 15) is 4.79 Å². The van der Waals surface area contributed by atoms with Crippen molar-refractivity contribution in [2.75, 3.05) is 13.1 Å². The van der Waals surface area contributed by atoms with Gasteiger partial charge >= 0.3 is 0 Å². The van der Waals surface area contributed by atoms with Crippen molar-refractivity contribution in [2.45, 2.75) is 51.5 Å². The molecule has 2 unspecified atom stereocenters. The molecule has 1 aliphatic carbocycles. The maximum atomic E-state index is 11.4. The molecule has 1 heterocycles. The summed E-state index contributed by atoms with van der Waals surface area (Å²) in [7, 11) is 0. The molecule has 1 saturated carbocycles. The third-order valence-corrected chi connectivity index (χ3v) is 3.83. The lowest BCUT2D eigenvalue weighted by molar-refractivity contribution is -0.123. The van der Waals surface area contributed by atoms with Gasteiger partial charge in [-0.15, -0.1) is 0 Å². The molecule has 0 spiro atoms. The van der Waals surface area contributed by atoms with Crippen LogP contribution in [0.25, 0.3) is 0 Å². The zero-order valence-corrected chi connectivity index (χ0v) is 9.17. The second-order valence-electron chi connectivity index (χ2n) is 4.92. The van der Waals surface area contributed by atoms with E-state index in [0.717, 1.165) is 25.2 Å². The molecule has 0 aromatic rings. The van der Waals surface area contributed by atoms with E-state index in [0.29, 0.717) is 11.8 Å². The molecular weight excluding hydrogens is 174 g/mol. The lowest BCUT2D eigenvalue weighted by Gasteiger charge is -2.40. The van der Waals surface area contributed by atoms with Crippen molar-refractivity contribution in [1.82, 2.24) is 4.90 Å². The highest BCUT2D eigenvalue weighted by molar-refractivity contribution is 5.79. The topological polar surface area (TPSA) is 20.3 Å². The summed E-state index contributed by atoms with van der Waals surface area (Å²) < 4.78 is 0. The molecule has 2 aliphatic rings. The molecule has 1 aliphatic heterocycles. The standard InChI is InChI=1S/C12H21NO/c1-10-5-6-11(14)9-12(10)13-7-3-2-4-8-13/h10,12H,2-9H2,1H3. The third-order valence-electron chi connectivity index (χ3n) is 3.83. The minimum absolute atomic E-state index is 0.485. The molecule has 0 aromatic heterocycles. The molecule has 2 heteroatoms. The first kappa shape index (κ1) is 10.2. The first-order chi connectivity index (χ1) is 6.77. The summed E-state index contributed by atoms with van der Waals surface area (Å²) in [5, 5.41) is 0. The Hall–Kier alpha value is -0.370. The monoisotopic (exact) mass is 195 g/mol. The van der Waals surface area contributed by atoms with Gasteiger partial charge in [0.2, 0.25) is 0 Å². The van der Waals surface area contributed by atoms with Crippen molar-refractivity contribution in [3.05, 3.63) is 0 Å². The van der Waals surface area contributed by atoms with E-state index in [-0.39, 0.29) is 0 Å². The fourth-order valence-electron chi connectivity index (χ4n) is 2.86. The zero-order chi connectivity index (χ0) is 9.97. The van der Waals surface area contributed by atoms with E-state index >= 15 is 0 Å². The Morgan fingerprint density at radius 1 is 1.21 bits per heavy atom.